The number of carbonyl (C=O) groups is 2. The molecule has 6 heteroatoms. The third-order valence-corrected chi connectivity index (χ3v) is 2.53. The lowest BCUT2D eigenvalue weighted by Gasteiger charge is -2.12. The van der Waals surface area contributed by atoms with E-state index in [1.54, 1.807) is 0 Å². The fourth-order valence-electron chi connectivity index (χ4n) is 1.47. The normalized spacial score (nSPS) is 13.9. The summed E-state index contributed by atoms with van der Waals surface area (Å²) in [6.45, 7) is 4.42. The molecule has 6 nitrogen and oxygen atoms in total. The molecule has 0 bridgehead atoms. The Morgan fingerprint density at radius 3 is 2.50 bits per heavy atom. The predicted molar refractivity (Wildman–Crippen MR) is 69.7 cm³/mol. The van der Waals surface area contributed by atoms with Gasteiger partial charge in [-0.05, 0) is 19.8 Å². The summed E-state index contributed by atoms with van der Waals surface area (Å²) in [6, 6.07) is 0.183. The summed E-state index contributed by atoms with van der Waals surface area (Å²) in [6.07, 6.45) is 2.71. The van der Waals surface area contributed by atoms with Crippen molar-refractivity contribution in [1.29, 1.82) is 0 Å². The molecule has 0 spiro atoms. The molecule has 18 heavy (non-hydrogen) atoms. The zero-order valence-electron chi connectivity index (χ0n) is 11.3. The number of ether oxygens (including phenoxy) is 1. The molecule has 0 aliphatic heterocycles. The number of hydrogen-bond acceptors (Lipinski definition) is 4. The maximum atomic E-state index is 11.6. The minimum absolute atomic E-state index is 0.00218. The van der Waals surface area contributed by atoms with Crippen molar-refractivity contribution in [2.24, 2.45) is 17.4 Å². The lowest BCUT2D eigenvalue weighted by molar-refractivity contribution is -0.125. The fourth-order valence-corrected chi connectivity index (χ4v) is 1.47. The molecule has 0 aromatic carbocycles. The molecular weight excluding hydrogens is 234 g/mol. The third kappa shape index (κ3) is 10.0. The Morgan fingerprint density at radius 1 is 1.28 bits per heavy atom. The number of primary amides is 1. The van der Waals surface area contributed by atoms with Crippen LogP contribution in [0.2, 0.25) is 0 Å². The quantitative estimate of drug-likeness (QED) is 0.470. The van der Waals surface area contributed by atoms with Gasteiger partial charge in [-0.1, -0.05) is 13.3 Å². The second-order valence-electron chi connectivity index (χ2n) is 4.62. The van der Waals surface area contributed by atoms with Crippen LogP contribution in [0.4, 0.5) is 0 Å². The van der Waals surface area contributed by atoms with Gasteiger partial charge < -0.3 is 21.5 Å². The van der Waals surface area contributed by atoms with Crippen LogP contribution in [0.25, 0.3) is 0 Å². The second kappa shape index (κ2) is 9.85. The van der Waals surface area contributed by atoms with Gasteiger partial charge >= 0.3 is 0 Å². The van der Waals surface area contributed by atoms with E-state index in [2.05, 4.69) is 5.32 Å². The highest BCUT2D eigenvalue weighted by Gasteiger charge is 2.11. The molecule has 0 aliphatic rings. The first-order chi connectivity index (χ1) is 8.43. The highest BCUT2D eigenvalue weighted by Crippen LogP contribution is 2.08. The first-order valence-corrected chi connectivity index (χ1v) is 6.32. The van der Waals surface area contributed by atoms with Crippen molar-refractivity contribution in [1.82, 2.24) is 5.32 Å². The lowest BCUT2D eigenvalue weighted by atomic mass is 10.0. The van der Waals surface area contributed by atoms with Gasteiger partial charge in [-0.2, -0.15) is 0 Å². The average Bonchev–Trinajstić information content (AvgIpc) is 2.27. The van der Waals surface area contributed by atoms with Gasteiger partial charge in [-0.25, -0.2) is 0 Å². The van der Waals surface area contributed by atoms with Gasteiger partial charge in [0, 0.05) is 18.5 Å². The minimum Gasteiger partial charge on any atom is -0.370 e. The molecule has 0 heterocycles. The van der Waals surface area contributed by atoms with Crippen molar-refractivity contribution >= 4 is 11.8 Å². The first-order valence-electron chi connectivity index (χ1n) is 6.32. The predicted octanol–water partition coefficient (Wildman–Crippen LogP) is -0.242. The van der Waals surface area contributed by atoms with Gasteiger partial charge in [0.15, 0.2) is 0 Å². The van der Waals surface area contributed by atoms with Crippen molar-refractivity contribution in [3.05, 3.63) is 0 Å². The van der Waals surface area contributed by atoms with Gasteiger partial charge in [-0.3, -0.25) is 9.59 Å². The Hall–Kier alpha value is -1.14. The van der Waals surface area contributed by atoms with E-state index in [9.17, 15) is 9.59 Å². The van der Waals surface area contributed by atoms with Crippen molar-refractivity contribution in [3.63, 3.8) is 0 Å². The number of nitrogens with one attached hydrogen (secondary N) is 1. The van der Waals surface area contributed by atoms with Gasteiger partial charge in [0.05, 0.1) is 6.61 Å². The first kappa shape index (κ1) is 16.9. The van der Waals surface area contributed by atoms with Crippen LogP contribution in [0, 0.1) is 5.92 Å². The Kier molecular flexibility index (Phi) is 9.22. The molecule has 2 unspecified atom stereocenters. The molecule has 0 rings (SSSR count). The number of carbonyl (C=O) groups excluding carboxylic acids is 2. The average molecular weight is 259 g/mol. The van der Waals surface area contributed by atoms with E-state index < -0.39 is 5.91 Å². The third-order valence-electron chi connectivity index (χ3n) is 2.53. The smallest absolute Gasteiger partial charge is 0.243 e. The van der Waals surface area contributed by atoms with Gasteiger partial charge in [0.1, 0.15) is 6.61 Å². The van der Waals surface area contributed by atoms with E-state index in [1.165, 1.54) is 0 Å². The Bertz CT molecular complexity index is 257. The fraction of sp³-hybridized carbons (Fsp3) is 0.833. The van der Waals surface area contributed by atoms with E-state index in [-0.39, 0.29) is 24.5 Å². The molecule has 0 aromatic heterocycles. The van der Waals surface area contributed by atoms with Crippen LogP contribution < -0.4 is 16.8 Å². The standard InChI is InChI=1S/C12H25N3O3/c1-9(4-3-5-10(2)13)12(17)15-6-7-18-8-11(14)16/h9-10H,3-8,13H2,1-2H3,(H2,14,16)(H,15,17). The monoisotopic (exact) mass is 259 g/mol. The summed E-state index contributed by atoms with van der Waals surface area (Å²) in [4.78, 5) is 22.0. The Labute approximate surface area is 108 Å². The maximum absolute atomic E-state index is 11.6. The minimum atomic E-state index is -0.509. The van der Waals surface area contributed by atoms with Crippen molar-refractivity contribution in [3.8, 4) is 0 Å². The van der Waals surface area contributed by atoms with E-state index >= 15 is 0 Å². The molecule has 0 aromatic rings. The van der Waals surface area contributed by atoms with Crippen molar-refractivity contribution in [2.75, 3.05) is 19.8 Å². The summed E-state index contributed by atoms with van der Waals surface area (Å²) in [5.74, 6) is -0.534. The summed E-state index contributed by atoms with van der Waals surface area (Å²) in [5, 5.41) is 2.75. The second-order valence-corrected chi connectivity index (χ2v) is 4.62. The largest absolute Gasteiger partial charge is 0.370 e. The van der Waals surface area contributed by atoms with Gasteiger partial charge in [-0.15, -0.1) is 0 Å². The van der Waals surface area contributed by atoms with Crippen LogP contribution in [0.3, 0.4) is 0 Å². The molecule has 106 valence electrons. The molecule has 0 saturated carbocycles. The van der Waals surface area contributed by atoms with Gasteiger partial charge in [0.2, 0.25) is 11.8 Å². The molecule has 2 amide bonds. The molecule has 0 radical (unpaired) electrons. The molecule has 0 fully saturated rings. The molecule has 2 atom stereocenters. The topological polar surface area (TPSA) is 107 Å². The van der Waals surface area contributed by atoms with E-state index in [4.69, 9.17) is 16.2 Å². The number of nitrogens with two attached hydrogens (primary N) is 2. The molecule has 0 aliphatic carbocycles. The molecular formula is C12H25N3O3. The maximum Gasteiger partial charge on any atom is 0.243 e. The van der Waals surface area contributed by atoms with Crippen LogP contribution >= 0.6 is 0 Å². The summed E-state index contributed by atoms with van der Waals surface area (Å²) >= 11 is 0. The van der Waals surface area contributed by atoms with Crippen molar-refractivity contribution in [2.45, 2.75) is 39.2 Å². The molecule has 0 saturated heterocycles. The van der Waals surface area contributed by atoms with Crippen LogP contribution in [-0.2, 0) is 14.3 Å². The lowest BCUT2D eigenvalue weighted by Crippen LogP contribution is -2.32. The highest BCUT2D eigenvalue weighted by atomic mass is 16.5. The SMILES string of the molecule is CC(N)CCCC(C)C(=O)NCCOCC(N)=O. The van der Waals surface area contributed by atoms with Crippen LogP contribution in [-0.4, -0.2) is 37.6 Å². The number of hydrogen-bond donors (Lipinski definition) is 3. The van der Waals surface area contributed by atoms with E-state index in [0.29, 0.717) is 13.2 Å². The van der Waals surface area contributed by atoms with E-state index in [0.717, 1.165) is 19.3 Å². The summed E-state index contributed by atoms with van der Waals surface area (Å²) in [5.41, 5.74) is 10.5. The Balaban J connectivity index is 3.52. The van der Waals surface area contributed by atoms with Crippen LogP contribution in [0.1, 0.15) is 33.1 Å². The molecule has 5 N–H and O–H groups in total. The van der Waals surface area contributed by atoms with Crippen LogP contribution in [0.5, 0.6) is 0 Å². The number of rotatable bonds is 10. The summed E-state index contributed by atoms with van der Waals surface area (Å²) < 4.78 is 4.93. The highest BCUT2D eigenvalue weighted by molar-refractivity contribution is 5.78. The zero-order chi connectivity index (χ0) is 14.0. The van der Waals surface area contributed by atoms with Gasteiger partial charge in [0.25, 0.3) is 0 Å². The van der Waals surface area contributed by atoms with E-state index in [1.807, 2.05) is 13.8 Å². The van der Waals surface area contributed by atoms with Crippen molar-refractivity contribution < 1.29 is 14.3 Å². The van der Waals surface area contributed by atoms with Crippen LogP contribution in [0.15, 0.2) is 0 Å². The Morgan fingerprint density at radius 2 is 1.94 bits per heavy atom. The zero-order valence-corrected chi connectivity index (χ0v) is 11.3. The summed E-state index contributed by atoms with van der Waals surface area (Å²) in [7, 11) is 0. The number of amides is 2.